The van der Waals surface area contributed by atoms with Crippen molar-refractivity contribution < 1.29 is 29.6 Å². The van der Waals surface area contributed by atoms with Crippen molar-refractivity contribution in [1.82, 2.24) is 0 Å². The van der Waals surface area contributed by atoms with E-state index in [4.69, 9.17) is 9.47 Å². The third kappa shape index (κ3) is 5.26. The van der Waals surface area contributed by atoms with Crippen LogP contribution in [0.1, 0.15) is 29.3 Å². The molecule has 0 radical (unpaired) electrons. The van der Waals surface area contributed by atoms with E-state index in [0.29, 0.717) is 5.75 Å². The second kappa shape index (κ2) is 9.48. The van der Waals surface area contributed by atoms with Gasteiger partial charge in [0.1, 0.15) is 36.6 Å². The van der Waals surface area contributed by atoms with Crippen LogP contribution >= 0.6 is 0 Å². The SMILES string of the molecule is CCC=COCC(O)COc1ccc(C(=O)c2ccccc2O)c(O)c1. The summed E-state index contributed by atoms with van der Waals surface area (Å²) in [6.45, 7) is 2.04. The lowest BCUT2D eigenvalue weighted by molar-refractivity contribution is 0.0462. The van der Waals surface area contributed by atoms with Gasteiger partial charge in [0, 0.05) is 6.07 Å². The van der Waals surface area contributed by atoms with Gasteiger partial charge in [0.2, 0.25) is 0 Å². The van der Waals surface area contributed by atoms with Gasteiger partial charge in [-0.1, -0.05) is 25.1 Å². The molecule has 138 valence electrons. The number of aliphatic hydroxyl groups is 1. The van der Waals surface area contributed by atoms with E-state index in [2.05, 4.69) is 0 Å². The van der Waals surface area contributed by atoms with E-state index in [1.165, 1.54) is 36.6 Å². The van der Waals surface area contributed by atoms with Crippen molar-refractivity contribution in [2.24, 2.45) is 0 Å². The first-order valence-electron chi connectivity index (χ1n) is 8.26. The number of carbonyl (C=O) groups is 1. The Morgan fingerprint density at radius 2 is 1.81 bits per heavy atom. The quantitative estimate of drug-likeness (QED) is 0.471. The van der Waals surface area contributed by atoms with Crippen LogP contribution in [0.5, 0.6) is 17.2 Å². The number of carbonyl (C=O) groups excluding carboxylic acids is 1. The fourth-order valence-electron chi connectivity index (χ4n) is 2.18. The van der Waals surface area contributed by atoms with Gasteiger partial charge in [-0.3, -0.25) is 4.79 Å². The number of ether oxygens (including phenoxy) is 2. The van der Waals surface area contributed by atoms with Crippen molar-refractivity contribution in [1.29, 1.82) is 0 Å². The zero-order chi connectivity index (χ0) is 18.9. The third-order valence-electron chi connectivity index (χ3n) is 3.52. The van der Waals surface area contributed by atoms with Crippen LogP contribution < -0.4 is 4.74 Å². The van der Waals surface area contributed by atoms with E-state index >= 15 is 0 Å². The molecule has 1 unspecified atom stereocenters. The third-order valence-corrected chi connectivity index (χ3v) is 3.52. The first-order valence-corrected chi connectivity index (χ1v) is 8.26. The average Bonchev–Trinajstić information content (AvgIpc) is 2.63. The molecule has 26 heavy (non-hydrogen) atoms. The van der Waals surface area contributed by atoms with Crippen LogP contribution in [0, 0.1) is 0 Å². The van der Waals surface area contributed by atoms with Gasteiger partial charge >= 0.3 is 0 Å². The highest BCUT2D eigenvalue weighted by Gasteiger charge is 2.17. The Morgan fingerprint density at radius 3 is 2.50 bits per heavy atom. The van der Waals surface area contributed by atoms with Gasteiger partial charge in [-0.05, 0) is 30.7 Å². The Bertz CT molecular complexity index is 769. The monoisotopic (exact) mass is 358 g/mol. The number of aromatic hydroxyl groups is 2. The molecule has 2 rings (SSSR count). The molecule has 6 heteroatoms. The summed E-state index contributed by atoms with van der Waals surface area (Å²) < 4.78 is 10.5. The maximum Gasteiger partial charge on any atom is 0.200 e. The summed E-state index contributed by atoms with van der Waals surface area (Å²) in [7, 11) is 0. The van der Waals surface area contributed by atoms with Crippen molar-refractivity contribution in [3.8, 4) is 17.2 Å². The van der Waals surface area contributed by atoms with Gasteiger partial charge in [-0.2, -0.15) is 0 Å². The molecule has 3 N–H and O–H groups in total. The molecule has 2 aromatic carbocycles. The predicted molar refractivity (Wildman–Crippen MR) is 96.5 cm³/mol. The Morgan fingerprint density at radius 1 is 1.08 bits per heavy atom. The molecule has 0 aliphatic carbocycles. The molecule has 0 saturated heterocycles. The molecular formula is C20H22O6. The Labute approximate surface area is 151 Å². The molecule has 0 amide bonds. The zero-order valence-electron chi connectivity index (χ0n) is 14.5. The minimum absolute atomic E-state index is 0.0217. The predicted octanol–water partition coefficient (Wildman–Crippen LogP) is 3.01. The molecule has 0 fully saturated rings. The van der Waals surface area contributed by atoms with Crippen LogP contribution in [-0.4, -0.2) is 40.4 Å². The molecule has 0 spiro atoms. The highest BCUT2D eigenvalue weighted by Crippen LogP contribution is 2.28. The standard InChI is InChI=1S/C20H22O6/c1-2-3-10-25-12-14(21)13-26-15-8-9-17(19(23)11-15)20(24)16-6-4-5-7-18(16)22/h3-11,14,21-23H,2,12-13H2,1H3. The van der Waals surface area contributed by atoms with E-state index in [0.717, 1.165) is 6.42 Å². The lowest BCUT2D eigenvalue weighted by Gasteiger charge is -2.13. The maximum absolute atomic E-state index is 12.4. The van der Waals surface area contributed by atoms with Gasteiger partial charge in [0.05, 0.1) is 17.4 Å². The van der Waals surface area contributed by atoms with E-state index < -0.39 is 11.9 Å². The average molecular weight is 358 g/mol. The summed E-state index contributed by atoms with van der Waals surface area (Å²) in [5.74, 6) is -0.618. The minimum Gasteiger partial charge on any atom is -0.507 e. The van der Waals surface area contributed by atoms with Gasteiger partial charge in [0.15, 0.2) is 5.78 Å². The summed E-state index contributed by atoms with van der Waals surface area (Å²) in [4.78, 5) is 12.4. The van der Waals surface area contributed by atoms with Crippen molar-refractivity contribution in [3.63, 3.8) is 0 Å². The second-order valence-corrected chi connectivity index (χ2v) is 5.60. The molecule has 0 aromatic heterocycles. The first-order chi connectivity index (χ1) is 12.5. The van der Waals surface area contributed by atoms with Gasteiger partial charge in [-0.15, -0.1) is 0 Å². The Kier molecular flexibility index (Phi) is 7.05. The molecule has 0 bridgehead atoms. The fraction of sp³-hybridized carbons (Fsp3) is 0.250. The summed E-state index contributed by atoms with van der Waals surface area (Å²) >= 11 is 0. The van der Waals surface area contributed by atoms with E-state index in [1.807, 2.05) is 13.0 Å². The van der Waals surface area contributed by atoms with Crippen molar-refractivity contribution >= 4 is 5.78 Å². The molecular weight excluding hydrogens is 336 g/mol. The van der Waals surface area contributed by atoms with Crippen LogP contribution in [0.2, 0.25) is 0 Å². The smallest absolute Gasteiger partial charge is 0.200 e. The fourth-order valence-corrected chi connectivity index (χ4v) is 2.18. The molecule has 0 saturated carbocycles. The number of para-hydroxylation sites is 1. The summed E-state index contributed by atoms with van der Waals surface area (Å²) in [6, 6.07) is 10.3. The number of rotatable bonds is 9. The molecule has 0 heterocycles. The van der Waals surface area contributed by atoms with Crippen molar-refractivity contribution in [2.45, 2.75) is 19.4 Å². The van der Waals surface area contributed by atoms with Gasteiger partial charge < -0.3 is 24.8 Å². The highest BCUT2D eigenvalue weighted by molar-refractivity contribution is 6.12. The molecule has 1 atom stereocenters. The summed E-state index contributed by atoms with van der Waals surface area (Å²) in [5.41, 5.74) is 0.150. The summed E-state index contributed by atoms with van der Waals surface area (Å²) in [6.07, 6.45) is 3.36. The number of hydrogen-bond acceptors (Lipinski definition) is 6. The van der Waals surface area contributed by atoms with E-state index in [1.54, 1.807) is 12.1 Å². The number of ketones is 1. The number of allylic oxidation sites excluding steroid dienone is 1. The number of phenols is 2. The van der Waals surface area contributed by atoms with Crippen LogP contribution in [-0.2, 0) is 4.74 Å². The number of aliphatic hydroxyl groups excluding tert-OH is 1. The van der Waals surface area contributed by atoms with Crippen LogP contribution in [0.25, 0.3) is 0 Å². The van der Waals surface area contributed by atoms with Gasteiger partial charge in [0.25, 0.3) is 0 Å². The van der Waals surface area contributed by atoms with Crippen molar-refractivity contribution in [2.75, 3.05) is 13.2 Å². The van der Waals surface area contributed by atoms with Gasteiger partial charge in [-0.25, -0.2) is 0 Å². The lowest BCUT2D eigenvalue weighted by atomic mass is 10.0. The topological polar surface area (TPSA) is 96.2 Å². The van der Waals surface area contributed by atoms with Crippen LogP contribution in [0.3, 0.4) is 0 Å². The Balaban J connectivity index is 1.98. The van der Waals surface area contributed by atoms with Crippen LogP contribution in [0.4, 0.5) is 0 Å². The second-order valence-electron chi connectivity index (χ2n) is 5.60. The zero-order valence-corrected chi connectivity index (χ0v) is 14.5. The maximum atomic E-state index is 12.4. The number of phenolic OH excluding ortho intramolecular Hbond substituents is 2. The number of benzene rings is 2. The first kappa shape index (κ1) is 19.3. The summed E-state index contributed by atoms with van der Waals surface area (Å²) in [5, 5.41) is 29.6. The van der Waals surface area contributed by atoms with Crippen LogP contribution in [0.15, 0.2) is 54.8 Å². The highest BCUT2D eigenvalue weighted by atomic mass is 16.5. The minimum atomic E-state index is -0.832. The molecule has 0 aliphatic rings. The number of hydrogen-bond donors (Lipinski definition) is 3. The molecule has 2 aromatic rings. The largest absolute Gasteiger partial charge is 0.507 e. The lowest BCUT2D eigenvalue weighted by Crippen LogP contribution is -2.22. The van der Waals surface area contributed by atoms with Crippen molar-refractivity contribution in [3.05, 3.63) is 65.9 Å². The molecule has 0 aliphatic heterocycles. The Hall–Kier alpha value is -2.99. The van der Waals surface area contributed by atoms with E-state index in [-0.39, 0.29) is 35.8 Å². The molecule has 6 nitrogen and oxygen atoms in total. The normalized spacial score (nSPS) is 12.1. The van der Waals surface area contributed by atoms with E-state index in [9.17, 15) is 20.1 Å².